The van der Waals surface area contributed by atoms with Crippen molar-refractivity contribution in [3.05, 3.63) is 70.8 Å². The molecule has 0 radical (unpaired) electrons. The Hall–Kier alpha value is -2.13. The van der Waals surface area contributed by atoms with Gasteiger partial charge >= 0.3 is 0 Å². The van der Waals surface area contributed by atoms with Gasteiger partial charge in [-0.25, -0.2) is 0 Å². The van der Waals surface area contributed by atoms with Crippen molar-refractivity contribution in [1.82, 2.24) is 10.2 Å². The second-order valence-electron chi connectivity index (χ2n) is 7.52. The lowest BCUT2D eigenvalue weighted by Gasteiger charge is -2.41. The number of amides is 1. The topological polar surface area (TPSA) is 32.3 Å². The molecule has 1 N–H and O–H groups in total. The van der Waals surface area contributed by atoms with E-state index in [1.54, 1.807) is 0 Å². The zero-order valence-electron chi connectivity index (χ0n) is 17.0. The minimum atomic E-state index is -0.232. The van der Waals surface area contributed by atoms with Gasteiger partial charge in [0.15, 0.2) is 0 Å². The summed E-state index contributed by atoms with van der Waals surface area (Å²) in [7, 11) is 4.11. The van der Waals surface area contributed by atoms with Gasteiger partial charge in [0, 0.05) is 11.1 Å². The van der Waals surface area contributed by atoms with Crippen molar-refractivity contribution >= 4 is 5.91 Å². The normalized spacial score (nSPS) is 12.9. The van der Waals surface area contributed by atoms with Gasteiger partial charge in [-0.1, -0.05) is 62.4 Å². The Bertz CT molecular complexity index is 713. The highest BCUT2D eigenvalue weighted by Gasteiger charge is 2.34. The highest BCUT2D eigenvalue weighted by atomic mass is 16.1. The molecule has 1 atom stereocenters. The first-order valence-corrected chi connectivity index (χ1v) is 9.46. The maximum atomic E-state index is 13.3. The molecule has 3 heteroatoms. The van der Waals surface area contributed by atoms with Gasteiger partial charge in [0.25, 0.3) is 5.91 Å². The molecular formula is C23H32N2O. The average Bonchev–Trinajstić information content (AvgIpc) is 2.65. The Morgan fingerprint density at radius 2 is 1.50 bits per heavy atom. The van der Waals surface area contributed by atoms with Crippen LogP contribution in [-0.4, -0.2) is 30.4 Å². The van der Waals surface area contributed by atoms with Crippen LogP contribution >= 0.6 is 0 Å². The van der Waals surface area contributed by atoms with Crippen LogP contribution in [0.2, 0.25) is 0 Å². The second-order valence-corrected chi connectivity index (χ2v) is 7.52. The zero-order chi connectivity index (χ0) is 19.3. The first-order valence-electron chi connectivity index (χ1n) is 9.46. The number of nitrogens with one attached hydrogen (secondary N) is 1. The number of aryl methyl sites for hydroxylation is 2. The van der Waals surface area contributed by atoms with E-state index in [1.165, 1.54) is 0 Å². The van der Waals surface area contributed by atoms with E-state index in [0.717, 1.165) is 35.1 Å². The van der Waals surface area contributed by atoms with E-state index in [2.05, 4.69) is 76.3 Å². The number of carbonyl (C=O) groups excluding carboxylic acids is 1. The van der Waals surface area contributed by atoms with Gasteiger partial charge in [-0.2, -0.15) is 0 Å². The predicted molar refractivity (Wildman–Crippen MR) is 110 cm³/mol. The van der Waals surface area contributed by atoms with E-state index in [1.807, 2.05) is 24.3 Å². The third kappa shape index (κ3) is 4.16. The first kappa shape index (κ1) is 20.2. The van der Waals surface area contributed by atoms with Crippen molar-refractivity contribution in [2.24, 2.45) is 0 Å². The fourth-order valence-corrected chi connectivity index (χ4v) is 3.31. The van der Waals surface area contributed by atoms with E-state index in [9.17, 15) is 4.79 Å². The van der Waals surface area contributed by atoms with Crippen molar-refractivity contribution in [3.8, 4) is 0 Å². The standard InChI is InChI=1S/C23H32N2O/c1-7-17-15-12-16-18(8-2)20(17)22(26)24-21(23(3,4)25(5)6)19-13-10-9-11-14-19/h9-16,21H,7-8H2,1-6H3,(H,24,26). The second kappa shape index (κ2) is 8.50. The van der Waals surface area contributed by atoms with Gasteiger partial charge in [0.1, 0.15) is 0 Å². The van der Waals surface area contributed by atoms with Gasteiger partial charge in [-0.15, -0.1) is 0 Å². The van der Waals surface area contributed by atoms with Crippen LogP contribution in [0.15, 0.2) is 48.5 Å². The zero-order valence-corrected chi connectivity index (χ0v) is 17.0. The summed E-state index contributed by atoms with van der Waals surface area (Å²) < 4.78 is 0. The van der Waals surface area contributed by atoms with Gasteiger partial charge < -0.3 is 10.2 Å². The van der Waals surface area contributed by atoms with Gasteiger partial charge in [0.05, 0.1) is 6.04 Å². The third-order valence-corrected chi connectivity index (χ3v) is 5.49. The summed E-state index contributed by atoms with van der Waals surface area (Å²) in [6, 6.07) is 16.3. The fourth-order valence-electron chi connectivity index (χ4n) is 3.31. The number of rotatable bonds is 7. The molecule has 0 aromatic heterocycles. The van der Waals surface area contributed by atoms with Gasteiger partial charge in [-0.05, 0) is 57.5 Å². The summed E-state index contributed by atoms with van der Waals surface area (Å²) in [6.45, 7) is 8.53. The van der Waals surface area contributed by atoms with E-state index in [0.29, 0.717) is 0 Å². The monoisotopic (exact) mass is 352 g/mol. The fraction of sp³-hybridized carbons (Fsp3) is 0.435. The Morgan fingerprint density at radius 1 is 0.962 bits per heavy atom. The molecule has 1 unspecified atom stereocenters. The lowest BCUT2D eigenvalue weighted by Crippen LogP contribution is -2.51. The Kier molecular flexibility index (Phi) is 6.60. The summed E-state index contributed by atoms with van der Waals surface area (Å²) >= 11 is 0. The molecular weight excluding hydrogens is 320 g/mol. The Balaban J connectivity index is 2.46. The van der Waals surface area contributed by atoms with E-state index in [4.69, 9.17) is 0 Å². The molecule has 2 rings (SSSR count). The van der Waals surface area contributed by atoms with Crippen molar-refractivity contribution < 1.29 is 4.79 Å². The van der Waals surface area contributed by atoms with Crippen molar-refractivity contribution in [3.63, 3.8) is 0 Å². The number of hydrogen-bond donors (Lipinski definition) is 1. The molecule has 2 aromatic rings. The van der Waals surface area contributed by atoms with Gasteiger partial charge in [-0.3, -0.25) is 4.79 Å². The third-order valence-electron chi connectivity index (χ3n) is 5.49. The summed E-state index contributed by atoms with van der Waals surface area (Å²) in [5, 5.41) is 3.34. The molecule has 1 amide bonds. The number of nitrogens with zero attached hydrogens (tertiary/aromatic N) is 1. The highest BCUT2D eigenvalue weighted by molar-refractivity contribution is 5.97. The van der Waals surface area contributed by atoms with Crippen LogP contribution in [0.4, 0.5) is 0 Å². The van der Waals surface area contributed by atoms with Crippen LogP contribution in [0.25, 0.3) is 0 Å². The molecule has 26 heavy (non-hydrogen) atoms. The minimum Gasteiger partial charge on any atom is -0.343 e. The molecule has 0 spiro atoms. The average molecular weight is 353 g/mol. The SMILES string of the molecule is CCc1cccc(CC)c1C(=O)NC(c1ccccc1)C(C)(C)N(C)C. The number of benzene rings is 2. The lowest BCUT2D eigenvalue weighted by molar-refractivity contribution is 0.0838. The number of likely N-dealkylation sites (N-methyl/N-ethyl adjacent to an activating group) is 1. The van der Waals surface area contributed by atoms with Crippen molar-refractivity contribution in [2.75, 3.05) is 14.1 Å². The first-order chi connectivity index (χ1) is 12.3. The quantitative estimate of drug-likeness (QED) is 0.788. The van der Waals surface area contributed by atoms with Crippen LogP contribution in [0.3, 0.4) is 0 Å². The van der Waals surface area contributed by atoms with Crippen LogP contribution in [0, 0.1) is 0 Å². The molecule has 0 aliphatic carbocycles. The summed E-state index contributed by atoms with van der Waals surface area (Å²) in [5.41, 5.74) is 3.94. The summed E-state index contributed by atoms with van der Waals surface area (Å²) in [5.74, 6) is 0.0167. The van der Waals surface area contributed by atoms with E-state index < -0.39 is 0 Å². The lowest BCUT2D eigenvalue weighted by atomic mass is 9.86. The number of hydrogen-bond acceptors (Lipinski definition) is 2. The largest absolute Gasteiger partial charge is 0.343 e. The summed E-state index contributed by atoms with van der Waals surface area (Å²) in [4.78, 5) is 15.5. The highest BCUT2D eigenvalue weighted by Crippen LogP contribution is 2.30. The predicted octanol–water partition coefficient (Wildman–Crippen LogP) is 4.62. The Morgan fingerprint density at radius 3 is 1.96 bits per heavy atom. The van der Waals surface area contributed by atoms with Crippen LogP contribution in [0.5, 0.6) is 0 Å². The smallest absolute Gasteiger partial charge is 0.252 e. The molecule has 0 saturated carbocycles. The van der Waals surface area contributed by atoms with Crippen LogP contribution in [0.1, 0.15) is 60.8 Å². The maximum absolute atomic E-state index is 13.3. The maximum Gasteiger partial charge on any atom is 0.252 e. The molecule has 0 bridgehead atoms. The van der Waals surface area contributed by atoms with Gasteiger partial charge in [0.2, 0.25) is 0 Å². The molecule has 0 saturated heterocycles. The van der Waals surface area contributed by atoms with E-state index >= 15 is 0 Å². The van der Waals surface area contributed by atoms with Crippen LogP contribution in [-0.2, 0) is 12.8 Å². The van der Waals surface area contributed by atoms with Crippen molar-refractivity contribution in [1.29, 1.82) is 0 Å². The minimum absolute atomic E-state index is 0.0167. The van der Waals surface area contributed by atoms with E-state index in [-0.39, 0.29) is 17.5 Å². The van der Waals surface area contributed by atoms with Crippen LogP contribution < -0.4 is 5.32 Å². The molecule has 0 aliphatic heterocycles. The van der Waals surface area contributed by atoms with Crippen molar-refractivity contribution in [2.45, 2.75) is 52.1 Å². The molecule has 2 aromatic carbocycles. The Labute approximate surface area is 158 Å². The molecule has 140 valence electrons. The molecule has 0 fully saturated rings. The summed E-state index contributed by atoms with van der Waals surface area (Å²) in [6.07, 6.45) is 1.70. The molecule has 3 nitrogen and oxygen atoms in total. The molecule has 0 aliphatic rings. The molecule has 0 heterocycles. The number of carbonyl (C=O) groups is 1.